The number of carbonyl (C=O) groups is 1. The number of nitrogen functional groups attached to an aromatic ring is 1. The third kappa shape index (κ3) is 2.57. The fourth-order valence-electron chi connectivity index (χ4n) is 1.55. The number of benzene rings is 1. The highest BCUT2D eigenvalue weighted by atomic mass is 19.1. The molecular weight excluding hydrogens is 239 g/mol. The molecule has 4 N–H and O–H groups in total. The third-order valence-corrected chi connectivity index (χ3v) is 2.31. The van der Waals surface area contributed by atoms with Gasteiger partial charge < -0.3 is 10.8 Å². The van der Waals surface area contributed by atoms with Gasteiger partial charge in [0.25, 0.3) is 0 Å². The van der Waals surface area contributed by atoms with Crippen LogP contribution in [0.1, 0.15) is 5.56 Å². The van der Waals surface area contributed by atoms with E-state index in [1.165, 1.54) is 10.7 Å². The van der Waals surface area contributed by atoms with Gasteiger partial charge in [0.05, 0.1) is 12.2 Å². The number of aromatic nitrogens is 2. The number of hydrogen-bond donors (Lipinski definition) is 3. The molecule has 0 bridgehead atoms. The van der Waals surface area contributed by atoms with E-state index in [4.69, 9.17) is 10.8 Å². The lowest BCUT2D eigenvalue weighted by atomic mass is 10.2. The van der Waals surface area contributed by atoms with E-state index in [2.05, 4.69) is 5.10 Å². The van der Waals surface area contributed by atoms with Crippen LogP contribution in [-0.4, -0.2) is 21.0 Å². The van der Waals surface area contributed by atoms with Crippen molar-refractivity contribution in [2.45, 2.75) is 6.54 Å². The third-order valence-electron chi connectivity index (χ3n) is 2.31. The number of hydrogen-bond acceptors (Lipinski definition) is 3. The summed E-state index contributed by atoms with van der Waals surface area (Å²) < 4.78 is 15.4. The van der Waals surface area contributed by atoms with Gasteiger partial charge >= 0.3 is 6.09 Å². The van der Waals surface area contributed by atoms with E-state index in [1.807, 2.05) is 5.32 Å². The van der Waals surface area contributed by atoms with E-state index in [9.17, 15) is 9.18 Å². The Balaban J connectivity index is 2.25. The van der Waals surface area contributed by atoms with Gasteiger partial charge in [0.1, 0.15) is 5.82 Å². The standard InChI is InChI=1S/C11H11FN4O2/c12-10-7(6-16-5-4-9(13)15-16)2-1-3-8(10)14-11(17)18/h1-5,14H,6H2,(H2,13,15)(H,17,18). The molecule has 0 fully saturated rings. The van der Waals surface area contributed by atoms with Gasteiger partial charge in [0, 0.05) is 11.8 Å². The van der Waals surface area contributed by atoms with Gasteiger partial charge in [-0.25, -0.2) is 9.18 Å². The molecule has 6 nitrogen and oxygen atoms in total. The molecule has 0 aliphatic carbocycles. The van der Waals surface area contributed by atoms with E-state index in [0.717, 1.165) is 0 Å². The number of nitrogens with one attached hydrogen (secondary N) is 1. The number of amides is 1. The molecule has 0 saturated heterocycles. The number of carboxylic acid groups (broad SMARTS) is 1. The Bertz CT molecular complexity index is 582. The normalized spacial score (nSPS) is 10.3. The van der Waals surface area contributed by atoms with Crippen LogP contribution in [0, 0.1) is 5.82 Å². The summed E-state index contributed by atoms with van der Waals surface area (Å²) >= 11 is 0. The van der Waals surface area contributed by atoms with Crippen LogP contribution >= 0.6 is 0 Å². The van der Waals surface area contributed by atoms with Crippen LogP contribution < -0.4 is 11.1 Å². The fourth-order valence-corrected chi connectivity index (χ4v) is 1.55. The highest BCUT2D eigenvalue weighted by Crippen LogP contribution is 2.18. The largest absolute Gasteiger partial charge is 0.465 e. The van der Waals surface area contributed by atoms with Crippen molar-refractivity contribution in [3.8, 4) is 0 Å². The molecule has 1 aromatic heterocycles. The monoisotopic (exact) mass is 250 g/mol. The molecule has 0 spiro atoms. The zero-order valence-electron chi connectivity index (χ0n) is 9.30. The minimum Gasteiger partial charge on any atom is -0.465 e. The molecule has 0 radical (unpaired) electrons. The second kappa shape index (κ2) is 4.74. The van der Waals surface area contributed by atoms with E-state index < -0.39 is 11.9 Å². The summed E-state index contributed by atoms with van der Waals surface area (Å²) in [4.78, 5) is 10.5. The fraction of sp³-hybridized carbons (Fsp3) is 0.0909. The van der Waals surface area contributed by atoms with Crippen LogP contribution in [0.4, 0.5) is 20.7 Å². The van der Waals surface area contributed by atoms with E-state index in [1.54, 1.807) is 24.4 Å². The lowest BCUT2D eigenvalue weighted by Crippen LogP contribution is -2.11. The minimum absolute atomic E-state index is 0.0832. The molecule has 0 saturated carbocycles. The van der Waals surface area contributed by atoms with Crippen LogP contribution in [0.15, 0.2) is 30.5 Å². The van der Waals surface area contributed by atoms with Crippen molar-refractivity contribution >= 4 is 17.6 Å². The maximum absolute atomic E-state index is 13.9. The van der Waals surface area contributed by atoms with E-state index in [0.29, 0.717) is 11.4 Å². The van der Waals surface area contributed by atoms with Crippen molar-refractivity contribution < 1.29 is 14.3 Å². The van der Waals surface area contributed by atoms with Gasteiger partial charge in [-0.1, -0.05) is 12.1 Å². The van der Waals surface area contributed by atoms with Crippen LogP contribution in [0.3, 0.4) is 0 Å². The summed E-state index contributed by atoms with van der Waals surface area (Å²) in [6.45, 7) is 0.179. The lowest BCUT2D eigenvalue weighted by molar-refractivity contribution is 0.209. The number of nitrogens with zero attached hydrogens (tertiary/aromatic N) is 2. The first-order chi connectivity index (χ1) is 8.56. The summed E-state index contributed by atoms with van der Waals surface area (Å²) in [6.07, 6.45) is 0.306. The maximum Gasteiger partial charge on any atom is 0.409 e. The van der Waals surface area contributed by atoms with Crippen molar-refractivity contribution in [3.05, 3.63) is 41.8 Å². The van der Waals surface area contributed by atoms with Crippen molar-refractivity contribution in [1.82, 2.24) is 9.78 Å². The quantitative estimate of drug-likeness (QED) is 0.773. The molecule has 7 heteroatoms. The maximum atomic E-state index is 13.9. The Morgan fingerprint density at radius 1 is 1.50 bits per heavy atom. The molecule has 0 aliphatic heterocycles. The Morgan fingerprint density at radius 2 is 2.28 bits per heavy atom. The molecule has 1 aromatic carbocycles. The molecule has 0 atom stereocenters. The second-order valence-corrected chi connectivity index (χ2v) is 3.65. The Hall–Kier alpha value is -2.57. The molecule has 1 heterocycles. The van der Waals surface area contributed by atoms with E-state index in [-0.39, 0.29) is 12.2 Å². The Labute approximate surface area is 102 Å². The first kappa shape index (κ1) is 11.9. The molecule has 0 aliphatic rings. The van der Waals surface area contributed by atoms with Gasteiger partial charge in [-0.05, 0) is 12.1 Å². The summed E-state index contributed by atoms with van der Waals surface area (Å²) in [6, 6.07) is 6.07. The number of anilines is 2. The Morgan fingerprint density at radius 3 is 2.89 bits per heavy atom. The molecular formula is C11H11FN4O2. The van der Waals surface area contributed by atoms with Gasteiger partial charge in [-0.3, -0.25) is 10.00 Å². The zero-order valence-corrected chi connectivity index (χ0v) is 9.30. The summed E-state index contributed by atoms with van der Waals surface area (Å²) in [5.41, 5.74) is 5.69. The number of rotatable bonds is 3. The molecule has 2 aromatic rings. The Kier molecular flexibility index (Phi) is 3.13. The van der Waals surface area contributed by atoms with Crippen LogP contribution in [0.2, 0.25) is 0 Å². The summed E-state index contributed by atoms with van der Waals surface area (Å²) in [5.74, 6) is -0.274. The lowest BCUT2D eigenvalue weighted by Gasteiger charge is -2.08. The van der Waals surface area contributed by atoms with Crippen molar-refractivity contribution in [3.63, 3.8) is 0 Å². The average molecular weight is 250 g/mol. The van der Waals surface area contributed by atoms with Gasteiger partial charge in [0.2, 0.25) is 0 Å². The van der Waals surface area contributed by atoms with Gasteiger partial charge in [-0.2, -0.15) is 5.10 Å². The molecule has 0 unspecified atom stereocenters. The first-order valence-corrected chi connectivity index (χ1v) is 5.12. The highest BCUT2D eigenvalue weighted by molar-refractivity contribution is 5.83. The first-order valence-electron chi connectivity index (χ1n) is 5.12. The van der Waals surface area contributed by atoms with Crippen molar-refractivity contribution in [1.29, 1.82) is 0 Å². The van der Waals surface area contributed by atoms with Crippen molar-refractivity contribution in [2.75, 3.05) is 11.1 Å². The van der Waals surface area contributed by atoms with Crippen LogP contribution in [0.25, 0.3) is 0 Å². The molecule has 94 valence electrons. The molecule has 18 heavy (non-hydrogen) atoms. The second-order valence-electron chi connectivity index (χ2n) is 3.65. The topological polar surface area (TPSA) is 93.2 Å². The van der Waals surface area contributed by atoms with Gasteiger partial charge in [-0.15, -0.1) is 0 Å². The molecule has 2 rings (SSSR count). The van der Waals surface area contributed by atoms with Gasteiger partial charge in [0.15, 0.2) is 5.82 Å². The number of nitrogens with two attached hydrogens (primary N) is 1. The van der Waals surface area contributed by atoms with E-state index >= 15 is 0 Å². The SMILES string of the molecule is Nc1ccn(Cc2cccc(NC(=O)O)c2F)n1. The minimum atomic E-state index is -1.31. The predicted molar refractivity (Wildman–Crippen MR) is 63.8 cm³/mol. The summed E-state index contributed by atoms with van der Waals surface area (Å²) in [7, 11) is 0. The van der Waals surface area contributed by atoms with Crippen LogP contribution in [0.5, 0.6) is 0 Å². The van der Waals surface area contributed by atoms with Crippen LogP contribution in [-0.2, 0) is 6.54 Å². The summed E-state index contributed by atoms with van der Waals surface area (Å²) in [5, 5.41) is 14.5. The zero-order chi connectivity index (χ0) is 13.1. The average Bonchev–Trinajstić information content (AvgIpc) is 2.69. The number of halogens is 1. The smallest absolute Gasteiger partial charge is 0.409 e. The predicted octanol–water partition coefficient (Wildman–Crippen LogP) is 1.74. The molecule has 1 amide bonds. The highest BCUT2D eigenvalue weighted by Gasteiger charge is 2.10. The van der Waals surface area contributed by atoms with Crippen molar-refractivity contribution in [2.24, 2.45) is 0 Å².